The van der Waals surface area contributed by atoms with E-state index in [4.69, 9.17) is 26.9 Å². The first-order chi connectivity index (χ1) is 15.8. The number of fused-ring (bicyclic) bond motifs is 1. The van der Waals surface area contributed by atoms with E-state index in [0.717, 1.165) is 5.56 Å². The van der Waals surface area contributed by atoms with Gasteiger partial charge in [0.1, 0.15) is 22.8 Å². The molecule has 0 unspecified atom stereocenters. The Kier molecular flexibility index (Phi) is 4.76. The Morgan fingerprint density at radius 1 is 1.15 bits per heavy atom. The zero-order valence-electron chi connectivity index (χ0n) is 17.9. The van der Waals surface area contributed by atoms with Crippen molar-refractivity contribution in [2.45, 2.75) is 24.6 Å². The van der Waals surface area contributed by atoms with Gasteiger partial charge >= 0.3 is 0 Å². The first-order valence-electron chi connectivity index (χ1n) is 10.4. The number of amides is 1. The van der Waals surface area contributed by atoms with Crippen molar-refractivity contribution in [2.24, 2.45) is 11.5 Å². The van der Waals surface area contributed by atoms with Gasteiger partial charge in [0, 0.05) is 24.0 Å². The Morgan fingerprint density at radius 3 is 2.52 bits per heavy atom. The molecule has 0 bridgehead atoms. The zero-order chi connectivity index (χ0) is 23.3. The number of hydrogen-bond acceptors (Lipinski definition) is 8. The van der Waals surface area contributed by atoms with E-state index in [0.29, 0.717) is 33.9 Å². The van der Waals surface area contributed by atoms with Crippen molar-refractivity contribution < 1.29 is 14.6 Å². The third-order valence-electron chi connectivity index (χ3n) is 5.88. The Balaban J connectivity index is 1.65. The first kappa shape index (κ1) is 20.9. The molecule has 0 atom stereocenters. The predicted octanol–water partition coefficient (Wildman–Crippen LogP) is 1.83. The number of anilines is 1. The van der Waals surface area contributed by atoms with E-state index in [9.17, 15) is 9.90 Å². The van der Waals surface area contributed by atoms with Crippen LogP contribution in [0.2, 0.25) is 0 Å². The lowest BCUT2D eigenvalue weighted by Gasteiger charge is -2.40. The summed E-state index contributed by atoms with van der Waals surface area (Å²) in [5.41, 5.74) is 18.9. The van der Waals surface area contributed by atoms with Gasteiger partial charge in [0.2, 0.25) is 5.88 Å². The average Bonchev–Trinajstić information content (AvgIpc) is 3.13. The van der Waals surface area contributed by atoms with E-state index >= 15 is 0 Å². The molecular formula is C23H23N7O3. The van der Waals surface area contributed by atoms with Gasteiger partial charge in [-0.2, -0.15) is 10.1 Å². The fraction of sp³-hybridized carbons (Fsp3) is 0.217. The van der Waals surface area contributed by atoms with E-state index in [1.165, 1.54) is 4.68 Å². The van der Waals surface area contributed by atoms with Crippen LogP contribution in [-0.4, -0.2) is 43.6 Å². The number of rotatable bonds is 5. The van der Waals surface area contributed by atoms with Gasteiger partial charge in [0.25, 0.3) is 5.91 Å². The third-order valence-corrected chi connectivity index (χ3v) is 5.88. The van der Waals surface area contributed by atoms with Gasteiger partial charge in [-0.1, -0.05) is 36.4 Å². The number of primary amides is 1. The Morgan fingerprint density at radius 2 is 1.88 bits per heavy atom. The van der Waals surface area contributed by atoms with E-state index in [2.05, 4.69) is 10.1 Å². The fourth-order valence-electron chi connectivity index (χ4n) is 4.22. The number of aromatic nitrogens is 4. The van der Waals surface area contributed by atoms with Crippen LogP contribution < -0.4 is 21.9 Å². The van der Waals surface area contributed by atoms with Crippen molar-refractivity contribution >= 4 is 22.6 Å². The number of benzene rings is 2. The van der Waals surface area contributed by atoms with Crippen LogP contribution >= 0.6 is 0 Å². The van der Waals surface area contributed by atoms with Crippen LogP contribution in [0.3, 0.4) is 0 Å². The molecule has 2 heterocycles. The number of carbonyl (C=O) groups is 1. The summed E-state index contributed by atoms with van der Waals surface area (Å²) in [5, 5.41) is 15.2. The molecule has 168 valence electrons. The quantitative estimate of drug-likeness (QED) is 0.337. The minimum Gasteiger partial charge on any atom is -0.480 e. The molecule has 4 aromatic rings. The highest BCUT2D eigenvalue weighted by atomic mass is 16.5. The molecule has 0 aliphatic heterocycles. The molecule has 0 spiro atoms. The summed E-state index contributed by atoms with van der Waals surface area (Å²) < 4.78 is 7.00. The summed E-state index contributed by atoms with van der Waals surface area (Å²) in [4.78, 5) is 21.5. The number of hydrogen-bond donors (Lipinski definition) is 4. The number of nitrogens with two attached hydrogens (primary N) is 3. The van der Waals surface area contributed by atoms with Crippen LogP contribution in [0.5, 0.6) is 5.88 Å². The molecule has 33 heavy (non-hydrogen) atoms. The van der Waals surface area contributed by atoms with Crippen LogP contribution in [0.1, 0.15) is 29.2 Å². The third kappa shape index (κ3) is 3.55. The first-order valence-corrected chi connectivity index (χ1v) is 10.4. The van der Waals surface area contributed by atoms with Gasteiger partial charge < -0.3 is 27.0 Å². The number of carbonyl (C=O) groups excluding carboxylic acids is 1. The van der Waals surface area contributed by atoms with Crippen molar-refractivity contribution in [3.8, 4) is 28.5 Å². The Bertz CT molecular complexity index is 1370. The lowest BCUT2D eigenvalue weighted by Crippen LogP contribution is -2.52. The van der Waals surface area contributed by atoms with Crippen LogP contribution in [0, 0.1) is 0 Å². The average molecular weight is 445 g/mol. The van der Waals surface area contributed by atoms with Crippen molar-refractivity contribution in [1.29, 1.82) is 0 Å². The maximum atomic E-state index is 12.3. The second kappa shape index (κ2) is 7.54. The zero-order valence-corrected chi connectivity index (χ0v) is 17.9. The molecule has 1 aliphatic rings. The molecule has 1 fully saturated rings. The van der Waals surface area contributed by atoms with E-state index in [1.807, 2.05) is 30.3 Å². The minimum absolute atomic E-state index is 0.117. The van der Waals surface area contributed by atoms with E-state index < -0.39 is 11.6 Å². The summed E-state index contributed by atoms with van der Waals surface area (Å²) in [7, 11) is 1.55. The highest BCUT2D eigenvalue weighted by Crippen LogP contribution is 2.41. The van der Waals surface area contributed by atoms with E-state index in [-0.39, 0.29) is 30.3 Å². The van der Waals surface area contributed by atoms with Crippen LogP contribution in [0.15, 0.2) is 48.5 Å². The van der Waals surface area contributed by atoms with Crippen molar-refractivity contribution in [2.75, 3.05) is 12.8 Å². The van der Waals surface area contributed by atoms with Gasteiger partial charge in [-0.3, -0.25) is 4.79 Å². The lowest BCUT2D eigenvalue weighted by atomic mass is 9.83. The Labute approximate surface area is 189 Å². The summed E-state index contributed by atoms with van der Waals surface area (Å²) in [5.74, 6) is 0.390. The number of nitrogens with zero attached hydrogens (tertiary/aromatic N) is 4. The Hall–Kier alpha value is -4.02. The molecule has 7 N–H and O–H groups in total. The molecule has 2 aromatic carbocycles. The smallest absolute Gasteiger partial charge is 0.254 e. The molecule has 5 rings (SSSR count). The van der Waals surface area contributed by atoms with Crippen LogP contribution in [-0.2, 0) is 0 Å². The molecule has 2 aromatic heterocycles. The van der Waals surface area contributed by atoms with Crippen molar-refractivity contribution in [3.05, 3.63) is 54.1 Å². The van der Waals surface area contributed by atoms with Crippen LogP contribution in [0.25, 0.3) is 33.5 Å². The molecular weight excluding hydrogens is 422 g/mol. The van der Waals surface area contributed by atoms with E-state index in [1.54, 1.807) is 25.3 Å². The molecule has 10 nitrogen and oxygen atoms in total. The number of methoxy groups -OCH3 is 1. The summed E-state index contributed by atoms with van der Waals surface area (Å²) in [6.07, 6.45) is 0.554. The summed E-state index contributed by atoms with van der Waals surface area (Å²) in [6, 6.07) is 14.7. The molecule has 1 saturated carbocycles. The predicted molar refractivity (Wildman–Crippen MR) is 123 cm³/mol. The van der Waals surface area contributed by atoms with Gasteiger partial charge in [0.15, 0.2) is 5.82 Å². The lowest BCUT2D eigenvalue weighted by molar-refractivity contribution is -0.0643. The largest absolute Gasteiger partial charge is 0.480 e. The van der Waals surface area contributed by atoms with Gasteiger partial charge in [-0.05, 0) is 12.1 Å². The summed E-state index contributed by atoms with van der Waals surface area (Å²) in [6.45, 7) is 0. The number of ether oxygens (including phenoxy) is 1. The van der Waals surface area contributed by atoms with Gasteiger partial charge in [0.05, 0.1) is 24.1 Å². The minimum atomic E-state index is -1.26. The number of aliphatic hydroxyl groups is 1. The standard InChI is InChI=1S/C23H23N7O3/c1-33-22-15-8-7-13(9-16(15)27-21(28-22)12-5-3-2-4-6-12)18-17(20(25)31)19(24)30(29-18)14-10-23(26,32)11-14/h2-9,14,32H,10-11,24,26H2,1H3,(H2,25,31). The topological polar surface area (TPSA) is 168 Å². The molecule has 0 radical (unpaired) electrons. The normalized spacial score (nSPS) is 19.9. The molecule has 1 amide bonds. The van der Waals surface area contributed by atoms with Gasteiger partial charge in [-0.25, -0.2) is 9.67 Å². The second-order valence-corrected chi connectivity index (χ2v) is 8.24. The maximum absolute atomic E-state index is 12.3. The van der Waals surface area contributed by atoms with Gasteiger partial charge in [-0.15, -0.1) is 0 Å². The summed E-state index contributed by atoms with van der Waals surface area (Å²) >= 11 is 0. The number of nitrogen functional groups attached to an aromatic ring is 1. The molecule has 0 saturated heterocycles. The highest BCUT2D eigenvalue weighted by molar-refractivity contribution is 6.04. The second-order valence-electron chi connectivity index (χ2n) is 8.24. The monoisotopic (exact) mass is 445 g/mol. The highest BCUT2D eigenvalue weighted by Gasteiger charge is 2.42. The van der Waals surface area contributed by atoms with Crippen molar-refractivity contribution in [3.63, 3.8) is 0 Å². The molecule has 1 aliphatic carbocycles. The van der Waals surface area contributed by atoms with Crippen molar-refractivity contribution in [1.82, 2.24) is 19.7 Å². The van der Waals surface area contributed by atoms with Crippen LogP contribution in [0.4, 0.5) is 5.82 Å². The molecule has 10 heteroatoms. The SMILES string of the molecule is COc1nc(-c2ccccc2)nc2cc(-c3nn(C4CC(N)(O)C4)c(N)c3C(N)=O)ccc12. The fourth-order valence-corrected chi connectivity index (χ4v) is 4.22. The maximum Gasteiger partial charge on any atom is 0.254 e.